The van der Waals surface area contributed by atoms with Crippen molar-refractivity contribution in [1.82, 2.24) is 0 Å². The lowest BCUT2D eigenvalue weighted by atomic mass is 10.2. The number of hydrogen-bond acceptors (Lipinski definition) is 5. The molecule has 0 fully saturated rings. The molecule has 1 heterocycles. The molecule has 1 aromatic heterocycles. The molecule has 0 radical (unpaired) electrons. The number of para-hydroxylation sites is 1. The topological polar surface area (TPSA) is 120 Å². The molecule has 0 aliphatic carbocycles. The highest BCUT2D eigenvalue weighted by Gasteiger charge is 2.10. The molecule has 0 atom stereocenters. The van der Waals surface area contributed by atoms with Crippen molar-refractivity contribution >= 4 is 60.6 Å². The van der Waals surface area contributed by atoms with Gasteiger partial charge in [0, 0.05) is 21.9 Å². The van der Waals surface area contributed by atoms with Crippen molar-refractivity contribution in [3.05, 3.63) is 107 Å². The number of carbonyl (C=O) groups is 1. The van der Waals surface area contributed by atoms with E-state index in [0.717, 1.165) is 15.8 Å². The van der Waals surface area contributed by atoms with Crippen molar-refractivity contribution < 1.29 is 27.4 Å². The molecular weight excluding hydrogens is 570 g/mol. The average molecular weight is 592 g/mol. The zero-order valence-electron chi connectivity index (χ0n) is 18.7. The first-order valence-corrected chi connectivity index (χ1v) is 13.0. The summed E-state index contributed by atoms with van der Waals surface area (Å²) in [6.07, 6.45) is 3.22. The van der Waals surface area contributed by atoms with Gasteiger partial charge in [0.05, 0.1) is 15.6 Å². The average Bonchev–Trinajstić information content (AvgIpc) is 2.82. The van der Waals surface area contributed by atoms with Gasteiger partial charge in [-0.15, -0.1) is 0 Å². The van der Waals surface area contributed by atoms with Crippen molar-refractivity contribution in [2.75, 3.05) is 10.6 Å². The highest BCUT2D eigenvalue weighted by atomic mass is 79.9. The Kier molecular flexibility index (Phi) is 9.43. The number of hydrogen-bond donors (Lipinski definition) is 4. The number of aromatic nitrogens is 1. The van der Waals surface area contributed by atoms with Gasteiger partial charge in [-0.25, -0.2) is 0 Å². The lowest BCUT2D eigenvalue weighted by Crippen LogP contribution is -2.39. The Labute approximate surface area is 222 Å². The van der Waals surface area contributed by atoms with Gasteiger partial charge in [-0.3, -0.25) is 9.35 Å². The highest BCUT2D eigenvalue weighted by molar-refractivity contribution is 9.10. The van der Waals surface area contributed by atoms with Crippen LogP contribution in [0.3, 0.4) is 0 Å². The Morgan fingerprint density at radius 2 is 1.56 bits per heavy atom. The molecule has 0 unspecified atom stereocenters. The van der Waals surface area contributed by atoms with Gasteiger partial charge in [0.2, 0.25) is 12.7 Å². The summed E-state index contributed by atoms with van der Waals surface area (Å²) >= 11 is 9.31. The summed E-state index contributed by atoms with van der Waals surface area (Å²) in [7, 11) is -4.15. The number of benzene rings is 3. The third-order valence-corrected chi connectivity index (χ3v) is 6.33. The Morgan fingerprint density at radius 3 is 2.17 bits per heavy atom. The van der Waals surface area contributed by atoms with E-state index in [1.54, 1.807) is 47.2 Å². The zero-order chi connectivity index (χ0) is 26.1. The SMILES string of the molecule is O=C(C[n+]1cccc(O)c1)Nc1ccc(Br)cc1.O=S(=O)(O)c1ccc(Nc2ccccc2Cl)cc1. The molecule has 4 aromatic rings. The minimum atomic E-state index is -4.15. The van der Waals surface area contributed by atoms with Crippen LogP contribution in [-0.4, -0.2) is 24.0 Å². The minimum absolute atomic E-state index is 0.133. The van der Waals surface area contributed by atoms with Crippen LogP contribution in [0.1, 0.15) is 0 Å². The third-order valence-electron chi connectivity index (χ3n) is 4.60. The second-order valence-electron chi connectivity index (χ2n) is 7.39. The maximum atomic E-state index is 11.8. The molecule has 0 saturated carbocycles. The van der Waals surface area contributed by atoms with Crippen LogP contribution in [0.4, 0.5) is 17.1 Å². The Balaban J connectivity index is 0.000000201. The summed E-state index contributed by atoms with van der Waals surface area (Å²) in [5.74, 6) is -0.0122. The van der Waals surface area contributed by atoms with Gasteiger partial charge in [-0.2, -0.15) is 13.0 Å². The Bertz CT molecular complexity index is 1430. The van der Waals surface area contributed by atoms with E-state index in [4.69, 9.17) is 16.2 Å². The fourth-order valence-corrected chi connectivity index (χ4v) is 3.86. The molecular formula is C25H22BrClN3O5S+. The van der Waals surface area contributed by atoms with Crippen LogP contribution in [-0.2, 0) is 21.5 Å². The van der Waals surface area contributed by atoms with Gasteiger partial charge in [-0.05, 0) is 66.7 Å². The standard InChI is InChI=1S/C13H11BrN2O2.C12H10ClNO3S/c14-10-3-5-11(6-4-10)15-13(18)9-16-7-1-2-12(17)8-16;13-11-3-1-2-4-12(11)14-9-5-7-10(8-6-9)18(15,16)17/h1-8H,9H2,(H-,15,17,18);1-8,14H,(H,15,16,17)/p+1. The first kappa shape index (κ1) is 27.2. The number of carbonyl (C=O) groups excluding carboxylic acids is 1. The minimum Gasteiger partial charge on any atom is -0.503 e. The van der Waals surface area contributed by atoms with E-state index in [0.29, 0.717) is 10.7 Å². The number of pyridine rings is 1. The summed E-state index contributed by atoms with van der Waals surface area (Å²) < 4.78 is 33.2. The molecule has 11 heteroatoms. The predicted molar refractivity (Wildman–Crippen MR) is 142 cm³/mol. The molecule has 3 aromatic carbocycles. The third kappa shape index (κ3) is 8.65. The molecule has 4 N–H and O–H groups in total. The largest absolute Gasteiger partial charge is 0.503 e. The van der Waals surface area contributed by atoms with E-state index in [1.165, 1.54) is 18.3 Å². The lowest BCUT2D eigenvalue weighted by molar-refractivity contribution is -0.684. The van der Waals surface area contributed by atoms with Crippen LogP contribution in [0.5, 0.6) is 5.75 Å². The first-order chi connectivity index (χ1) is 17.1. The maximum absolute atomic E-state index is 11.8. The molecule has 0 bridgehead atoms. The summed E-state index contributed by atoms with van der Waals surface area (Å²) in [5.41, 5.74) is 2.14. The van der Waals surface area contributed by atoms with Gasteiger partial charge >= 0.3 is 0 Å². The van der Waals surface area contributed by atoms with Crippen LogP contribution in [0, 0.1) is 0 Å². The smallest absolute Gasteiger partial charge is 0.294 e. The number of nitrogens with zero attached hydrogens (tertiary/aromatic N) is 1. The number of nitrogens with one attached hydrogen (secondary N) is 2. The molecule has 4 rings (SSSR count). The molecule has 0 spiro atoms. The summed E-state index contributed by atoms with van der Waals surface area (Å²) in [6.45, 7) is 0.157. The van der Waals surface area contributed by atoms with Crippen LogP contribution in [0.2, 0.25) is 5.02 Å². The Morgan fingerprint density at radius 1 is 0.917 bits per heavy atom. The second-order valence-corrected chi connectivity index (χ2v) is 10.1. The molecule has 36 heavy (non-hydrogen) atoms. The zero-order valence-corrected chi connectivity index (χ0v) is 21.8. The van der Waals surface area contributed by atoms with Gasteiger partial charge in [0.1, 0.15) is 0 Å². The number of amides is 1. The number of rotatable bonds is 6. The van der Waals surface area contributed by atoms with E-state index in [9.17, 15) is 18.3 Å². The van der Waals surface area contributed by atoms with Crippen LogP contribution < -0.4 is 15.2 Å². The van der Waals surface area contributed by atoms with Gasteiger partial charge in [0.25, 0.3) is 16.0 Å². The molecule has 0 aliphatic heterocycles. The molecule has 1 amide bonds. The highest BCUT2D eigenvalue weighted by Crippen LogP contribution is 2.25. The quantitative estimate of drug-likeness (QED) is 0.176. The number of aromatic hydroxyl groups is 1. The van der Waals surface area contributed by atoms with Gasteiger partial charge in [0.15, 0.2) is 11.9 Å². The molecule has 0 aliphatic rings. The summed E-state index contributed by atoms with van der Waals surface area (Å²) in [4.78, 5) is 11.6. The van der Waals surface area contributed by atoms with Crippen LogP contribution in [0.15, 0.2) is 107 Å². The van der Waals surface area contributed by atoms with Gasteiger partial charge < -0.3 is 15.7 Å². The lowest BCUT2D eigenvalue weighted by Gasteiger charge is -2.08. The molecule has 186 valence electrons. The van der Waals surface area contributed by atoms with Crippen molar-refractivity contribution in [2.45, 2.75) is 11.4 Å². The van der Waals surface area contributed by atoms with Crippen LogP contribution in [0.25, 0.3) is 0 Å². The summed E-state index contributed by atoms with van der Waals surface area (Å²) in [6, 6.07) is 23.5. The normalized spacial score (nSPS) is 10.6. The number of anilines is 3. The molecule has 0 saturated heterocycles. The maximum Gasteiger partial charge on any atom is 0.294 e. The first-order valence-electron chi connectivity index (χ1n) is 10.4. The van der Waals surface area contributed by atoms with Crippen molar-refractivity contribution in [1.29, 1.82) is 0 Å². The fraction of sp³-hybridized carbons (Fsp3) is 0.0400. The predicted octanol–water partition coefficient (Wildman–Crippen LogP) is 5.41. The van der Waals surface area contributed by atoms with E-state index in [1.807, 2.05) is 36.4 Å². The van der Waals surface area contributed by atoms with E-state index < -0.39 is 10.1 Å². The van der Waals surface area contributed by atoms with Crippen molar-refractivity contribution in [3.63, 3.8) is 0 Å². The number of halogens is 2. The van der Waals surface area contributed by atoms with E-state index in [2.05, 4.69) is 26.6 Å². The second kappa shape index (κ2) is 12.5. The monoisotopic (exact) mass is 590 g/mol. The van der Waals surface area contributed by atoms with Gasteiger partial charge in [-0.1, -0.05) is 39.7 Å². The Hall–Kier alpha value is -3.44. The van der Waals surface area contributed by atoms with E-state index >= 15 is 0 Å². The van der Waals surface area contributed by atoms with E-state index in [-0.39, 0.29) is 23.1 Å². The van der Waals surface area contributed by atoms with Crippen molar-refractivity contribution in [2.24, 2.45) is 0 Å². The molecule has 8 nitrogen and oxygen atoms in total. The van der Waals surface area contributed by atoms with Crippen molar-refractivity contribution in [3.8, 4) is 5.75 Å². The summed E-state index contributed by atoms with van der Waals surface area (Å²) in [5, 5.41) is 15.7. The van der Waals surface area contributed by atoms with Crippen LogP contribution >= 0.6 is 27.5 Å². The fourth-order valence-electron chi connectivity index (χ4n) is 2.93.